The van der Waals surface area contributed by atoms with Crippen molar-refractivity contribution in [2.24, 2.45) is 0 Å². The summed E-state index contributed by atoms with van der Waals surface area (Å²) in [6.07, 6.45) is 1.42. The monoisotopic (exact) mass is 444 g/mol. The lowest BCUT2D eigenvalue weighted by Gasteiger charge is -2.10. The number of aromatic nitrogens is 3. The van der Waals surface area contributed by atoms with Crippen LogP contribution >= 0.6 is 34.8 Å². The van der Waals surface area contributed by atoms with E-state index in [0.29, 0.717) is 32.7 Å². The van der Waals surface area contributed by atoms with Crippen LogP contribution in [0.15, 0.2) is 41.6 Å². The summed E-state index contributed by atoms with van der Waals surface area (Å²) in [7, 11) is -3.85. The Morgan fingerprint density at radius 1 is 1.04 bits per heavy atom. The third-order valence-corrected chi connectivity index (χ3v) is 6.32. The highest BCUT2D eigenvalue weighted by Crippen LogP contribution is 2.25. The van der Waals surface area contributed by atoms with Gasteiger partial charge in [-0.3, -0.25) is 0 Å². The lowest BCUT2D eigenvalue weighted by atomic mass is 10.2. The molecule has 0 amide bonds. The first kappa shape index (κ1) is 19.9. The molecule has 10 heteroatoms. The fraction of sp³-hybridized carbons (Fsp3) is 0.176. The van der Waals surface area contributed by atoms with E-state index >= 15 is 0 Å². The highest BCUT2D eigenvalue weighted by atomic mass is 35.5. The third kappa shape index (κ3) is 4.55. The van der Waals surface area contributed by atoms with Crippen LogP contribution in [0.25, 0.3) is 0 Å². The van der Waals surface area contributed by atoms with Gasteiger partial charge in [0.05, 0.1) is 11.4 Å². The molecule has 0 radical (unpaired) electrons. The maximum Gasteiger partial charge on any atom is 0.264 e. The average Bonchev–Trinajstić information content (AvgIpc) is 2.99. The average molecular weight is 446 g/mol. The van der Waals surface area contributed by atoms with Crippen LogP contribution in [-0.2, 0) is 16.6 Å². The summed E-state index contributed by atoms with van der Waals surface area (Å²) >= 11 is 18.1. The summed E-state index contributed by atoms with van der Waals surface area (Å²) in [4.78, 5) is 4.13. The van der Waals surface area contributed by atoms with Crippen LogP contribution in [0.4, 0.5) is 5.95 Å². The zero-order valence-corrected chi connectivity index (χ0v) is 17.5. The van der Waals surface area contributed by atoms with Crippen LogP contribution in [0, 0.1) is 13.8 Å². The lowest BCUT2D eigenvalue weighted by Crippen LogP contribution is -2.16. The molecule has 0 saturated heterocycles. The molecule has 0 aliphatic rings. The molecule has 0 aliphatic heterocycles. The molecule has 0 bridgehead atoms. The third-order valence-electron chi connectivity index (χ3n) is 3.86. The quantitative estimate of drug-likeness (QED) is 0.617. The van der Waals surface area contributed by atoms with E-state index in [1.54, 1.807) is 38.1 Å². The van der Waals surface area contributed by atoms with Crippen molar-refractivity contribution in [1.29, 1.82) is 0 Å². The first-order valence-corrected chi connectivity index (χ1v) is 10.4. The molecule has 27 heavy (non-hydrogen) atoms. The highest BCUT2D eigenvalue weighted by molar-refractivity contribution is 7.92. The second-order valence-electron chi connectivity index (χ2n) is 5.97. The Morgan fingerprint density at radius 3 is 2.48 bits per heavy atom. The van der Waals surface area contributed by atoms with Gasteiger partial charge in [-0.2, -0.15) is 4.98 Å². The minimum Gasteiger partial charge on any atom is -0.246 e. The number of hydrogen-bond acceptors (Lipinski definition) is 4. The van der Waals surface area contributed by atoms with Crippen molar-refractivity contribution in [3.63, 3.8) is 0 Å². The summed E-state index contributed by atoms with van der Waals surface area (Å²) in [6.45, 7) is 3.74. The molecule has 1 N–H and O–H groups in total. The van der Waals surface area contributed by atoms with Crippen molar-refractivity contribution in [1.82, 2.24) is 14.8 Å². The van der Waals surface area contributed by atoms with Gasteiger partial charge in [0.2, 0.25) is 0 Å². The molecule has 0 aliphatic carbocycles. The number of nitrogens with one attached hydrogen (secondary N) is 1. The minimum atomic E-state index is -3.85. The van der Waals surface area contributed by atoms with Crippen molar-refractivity contribution in [3.05, 3.63) is 68.4 Å². The first-order chi connectivity index (χ1) is 12.7. The van der Waals surface area contributed by atoms with Crippen LogP contribution in [0.2, 0.25) is 15.1 Å². The van der Waals surface area contributed by atoms with E-state index in [9.17, 15) is 8.42 Å². The van der Waals surface area contributed by atoms with Crippen LogP contribution in [0.5, 0.6) is 0 Å². The smallest absolute Gasteiger partial charge is 0.246 e. The molecule has 0 unspecified atom stereocenters. The molecule has 142 valence electrons. The van der Waals surface area contributed by atoms with E-state index in [0.717, 1.165) is 5.56 Å². The second kappa shape index (κ2) is 7.67. The number of nitrogens with zero attached hydrogens (tertiary/aromatic N) is 3. The van der Waals surface area contributed by atoms with E-state index in [1.165, 1.54) is 17.1 Å². The fourth-order valence-corrected chi connectivity index (χ4v) is 4.41. The first-order valence-electron chi connectivity index (χ1n) is 7.78. The zero-order chi connectivity index (χ0) is 19.8. The normalized spacial score (nSPS) is 11.6. The molecular formula is C17H15Cl3N4O2S. The van der Waals surface area contributed by atoms with Gasteiger partial charge in [-0.25, -0.2) is 17.8 Å². The van der Waals surface area contributed by atoms with Gasteiger partial charge in [0, 0.05) is 15.1 Å². The zero-order valence-electron chi connectivity index (χ0n) is 14.4. The summed E-state index contributed by atoms with van der Waals surface area (Å²) in [5.74, 6) is -0.0351. The van der Waals surface area contributed by atoms with Gasteiger partial charge in [-0.1, -0.05) is 40.9 Å². The van der Waals surface area contributed by atoms with Crippen LogP contribution < -0.4 is 4.72 Å². The van der Waals surface area contributed by atoms with E-state index in [-0.39, 0.29) is 10.8 Å². The standard InChI is InChI=1S/C17H15Cl3N4O2S/c1-10-6-16(11(2)5-14(10)19)27(25,26)23-17-21-9-24(22-17)8-12-3-4-13(18)7-15(12)20/h3-7,9H,8H2,1-2H3,(H,22,23). The van der Waals surface area contributed by atoms with E-state index in [4.69, 9.17) is 34.8 Å². The van der Waals surface area contributed by atoms with Gasteiger partial charge < -0.3 is 0 Å². The maximum absolute atomic E-state index is 12.7. The number of aryl methyl sites for hydroxylation is 2. The van der Waals surface area contributed by atoms with E-state index in [2.05, 4.69) is 14.8 Å². The fourth-order valence-electron chi connectivity index (χ4n) is 2.46. The predicted octanol–water partition coefficient (Wildman–Crippen LogP) is 4.70. The van der Waals surface area contributed by atoms with Gasteiger partial charge in [0.1, 0.15) is 6.33 Å². The van der Waals surface area contributed by atoms with Crippen molar-refractivity contribution in [2.75, 3.05) is 4.72 Å². The molecule has 1 heterocycles. The van der Waals surface area contributed by atoms with E-state index in [1.807, 2.05) is 0 Å². The number of rotatable bonds is 5. The lowest BCUT2D eigenvalue weighted by molar-refractivity contribution is 0.600. The number of sulfonamides is 1. The molecule has 0 fully saturated rings. The second-order valence-corrected chi connectivity index (χ2v) is 8.88. The molecule has 2 aromatic carbocycles. The summed E-state index contributed by atoms with van der Waals surface area (Å²) in [5, 5.41) is 5.68. The Balaban J connectivity index is 1.82. The molecule has 1 aromatic heterocycles. The van der Waals surface area contributed by atoms with Crippen molar-refractivity contribution in [2.45, 2.75) is 25.3 Å². The summed E-state index contributed by atoms with van der Waals surface area (Å²) < 4.78 is 29.2. The van der Waals surface area contributed by atoms with Crippen molar-refractivity contribution in [3.8, 4) is 0 Å². The summed E-state index contributed by atoms with van der Waals surface area (Å²) in [6, 6.07) is 8.25. The number of anilines is 1. The number of benzene rings is 2. The molecule has 0 saturated carbocycles. The van der Waals surface area contributed by atoms with Gasteiger partial charge in [0.15, 0.2) is 0 Å². The topological polar surface area (TPSA) is 76.9 Å². The van der Waals surface area contributed by atoms with Crippen LogP contribution in [0.3, 0.4) is 0 Å². The van der Waals surface area contributed by atoms with Gasteiger partial charge in [0.25, 0.3) is 16.0 Å². The van der Waals surface area contributed by atoms with Crippen LogP contribution in [-0.4, -0.2) is 23.2 Å². The number of halogens is 3. The number of hydrogen-bond donors (Lipinski definition) is 1. The van der Waals surface area contributed by atoms with E-state index < -0.39 is 10.0 Å². The van der Waals surface area contributed by atoms with Crippen molar-refractivity contribution < 1.29 is 8.42 Å². The van der Waals surface area contributed by atoms with Gasteiger partial charge in [-0.15, -0.1) is 5.10 Å². The van der Waals surface area contributed by atoms with Gasteiger partial charge in [-0.05, 0) is 54.8 Å². The molecule has 0 spiro atoms. The Bertz CT molecular complexity index is 1110. The van der Waals surface area contributed by atoms with Gasteiger partial charge >= 0.3 is 0 Å². The Morgan fingerprint density at radius 2 is 1.78 bits per heavy atom. The van der Waals surface area contributed by atoms with Crippen LogP contribution in [0.1, 0.15) is 16.7 Å². The molecule has 0 atom stereocenters. The predicted molar refractivity (Wildman–Crippen MR) is 107 cm³/mol. The molecule has 3 aromatic rings. The van der Waals surface area contributed by atoms with Crippen molar-refractivity contribution >= 4 is 50.8 Å². The molecular weight excluding hydrogens is 431 g/mol. The highest BCUT2D eigenvalue weighted by Gasteiger charge is 2.20. The minimum absolute atomic E-state index is 0.0351. The largest absolute Gasteiger partial charge is 0.264 e. The Hall–Kier alpha value is -1.80. The molecule has 6 nitrogen and oxygen atoms in total. The Kier molecular flexibility index (Phi) is 5.67. The maximum atomic E-state index is 12.7. The SMILES string of the molecule is Cc1cc(S(=O)(=O)Nc2ncn(Cc3ccc(Cl)cc3Cl)n2)c(C)cc1Cl. The Labute approximate surface area is 172 Å². The molecule has 3 rings (SSSR count). The summed E-state index contributed by atoms with van der Waals surface area (Å²) in [5.41, 5.74) is 1.98.